The molecule has 0 saturated carbocycles. The highest BCUT2D eigenvalue weighted by Gasteiger charge is 2.25. The molecule has 1 aromatic carbocycles. The normalized spacial score (nSPS) is 14.9. The molecule has 196 valence electrons. The number of ether oxygens (including phenoxy) is 1. The molecule has 0 radical (unpaired) electrons. The van der Waals surface area contributed by atoms with Crippen molar-refractivity contribution < 1.29 is 14.2 Å². The highest BCUT2D eigenvalue weighted by atomic mass is 32.1. The van der Waals surface area contributed by atoms with Gasteiger partial charge in [0.15, 0.2) is 5.82 Å². The van der Waals surface area contributed by atoms with Crippen LogP contribution in [0.2, 0.25) is 0 Å². The quantitative estimate of drug-likeness (QED) is 0.326. The molecule has 4 aromatic heterocycles. The van der Waals surface area contributed by atoms with Crippen LogP contribution in [0.1, 0.15) is 5.69 Å². The van der Waals surface area contributed by atoms with E-state index >= 15 is 0 Å². The summed E-state index contributed by atoms with van der Waals surface area (Å²) in [5.41, 5.74) is 2.67. The molecule has 1 aliphatic heterocycles. The third-order valence-electron chi connectivity index (χ3n) is 6.74. The number of phenols is 1. The van der Waals surface area contributed by atoms with Gasteiger partial charge in [-0.25, -0.2) is 18.9 Å². The highest BCUT2D eigenvalue weighted by molar-refractivity contribution is 7.19. The number of nitrogens with one attached hydrogen (secondary N) is 1. The molecule has 12 heteroatoms. The zero-order valence-corrected chi connectivity index (χ0v) is 21.9. The Balaban J connectivity index is 1.35. The summed E-state index contributed by atoms with van der Waals surface area (Å²) in [6, 6.07) is 8.03. The van der Waals surface area contributed by atoms with Crippen molar-refractivity contribution in [2.75, 3.05) is 46.4 Å². The van der Waals surface area contributed by atoms with Crippen molar-refractivity contribution in [1.82, 2.24) is 39.6 Å². The number of halogens is 1. The molecular formula is C26H27FN8O2S. The summed E-state index contributed by atoms with van der Waals surface area (Å²) in [4.78, 5) is 14.3. The molecule has 0 atom stereocenters. The molecule has 1 aliphatic rings. The number of rotatable bonds is 7. The lowest BCUT2D eigenvalue weighted by Crippen LogP contribution is -2.45. The number of nitrogens with zero attached hydrogens (tertiary/aromatic N) is 7. The van der Waals surface area contributed by atoms with Crippen LogP contribution in [0, 0.1) is 12.7 Å². The maximum Gasteiger partial charge on any atom is 0.193 e. The van der Waals surface area contributed by atoms with Crippen LogP contribution in [-0.4, -0.2) is 91.1 Å². The summed E-state index contributed by atoms with van der Waals surface area (Å²) in [6.45, 7) is 7.59. The number of fused-ring (bicyclic) bond motifs is 1. The minimum atomic E-state index is -0.578. The van der Waals surface area contributed by atoms with E-state index in [2.05, 4.69) is 37.1 Å². The Morgan fingerprint density at radius 1 is 1.16 bits per heavy atom. The number of aromatic hydroxyl groups is 1. The number of aromatic nitrogens is 6. The van der Waals surface area contributed by atoms with Crippen molar-refractivity contribution in [3.05, 3.63) is 54.4 Å². The van der Waals surface area contributed by atoms with Crippen LogP contribution in [0.5, 0.6) is 11.5 Å². The van der Waals surface area contributed by atoms with Gasteiger partial charge in [-0.3, -0.25) is 10.00 Å². The first-order valence-electron chi connectivity index (χ1n) is 12.4. The smallest absolute Gasteiger partial charge is 0.193 e. The Morgan fingerprint density at radius 3 is 2.76 bits per heavy atom. The van der Waals surface area contributed by atoms with Crippen molar-refractivity contribution >= 4 is 16.9 Å². The first-order chi connectivity index (χ1) is 18.5. The number of H-pyrrole nitrogens is 1. The number of hydrogen-bond acceptors (Lipinski definition) is 9. The molecule has 6 rings (SSSR count). The van der Waals surface area contributed by atoms with E-state index in [1.54, 1.807) is 4.52 Å². The van der Waals surface area contributed by atoms with Crippen LogP contribution in [0.3, 0.4) is 0 Å². The van der Waals surface area contributed by atoms with Crippen LogP contribution in [0.25, 0.3) is 38.0 Å². The lowest BCUT2D eigenvalue weighted by atomic mass is 10.1. The number of likely N-dealkylation sites (N-methyl/N-ethyl adjacent to an activating group) is 1. The van der Waals surface area contributed by atoms with E-state index in [0.29, 0.717) is 22.3 Å². The lowest BCUT2D eigenvalue weighted by Gasteiger charge is -2.32. The molecule has 38 heavy (non-hydrogen) atoms. The topological polar surface area (TPSA) is 108 Å². The zero-order valence-electron chi connectivity index (χ0n) is 21.1. The maximum absolute atomic E-state index is 14.9. The van der Waals surface area contributed by atoms with Crippen molar-refractivity contribution in [2.24, 2.45) is 0 Å². The van der Waals surface area contributed by atoms with Gasteiger partial charge in [0.2, 0.25) is 0 Å². The van der Waals surface area contributed by atoms with Crippen molar-refractivity contribution in [3.8, 4) is 44.0 Å². The summed E-state index contributed by atoms with van der Waals surface area (Å²) in [7, 11) is 2.15. The van der Waals surface area contributed by atoms with E-state index in [-0.39, 0.29) is 17.0 Å². The van der Waals surface area contributed by atoms with Gasteiger partial charge in [0.25, 0.3) is 0 Å². The summed E-state index contributed by atoms with van der Waals surface area (Å²) in [6.07, 6.45) is 3.32. The van der Waals surface area contributed by atoms with Gasteiger partial charge in [-0.05, 0) is 32.2 Å². The average molecular weight is 535 g/mol. The maximum atomic E-state index is 14.9. The van der Waals surface area contributed by atoms with Crippen LogP contribution in [0.15, 0.2) is 42.9 Å². The van der Waals surface area contributed by atoms with Gasteiger partial charge in [-0.1, -0.05) is 6.07 Å². The lowest BCUT2D eigenvalue weighted by molar-refractivity contribution is 0.134. The molecule has 1 saturated heterocycles. The van der Waals surface area contributed by atoms with Crippen molar-refractivity contribution in [1.29, 1.82) is 0 Å². The third kappa shape index (κ3) is 4.62. The van der Waals surface area contributed by atoms with Crippen LogP contribution in [0.4, 0.5) is 4.39 Å². The largest absolute Gasteiger partial charge is 0.507 e. The van der Waals surface area contributed by atoms with E-state index < -0.39 is 5.82 Å². The minimum Gasteiger partial charge on any atom is -0.507 e. The molecule has 0 aliphatic carbocycles. The first kappa shape index (κ1) is 24.5. The molecule has 0 unspecified atom stereocenters. The van der Waals surface area contributed by atoms with Gasteiger partial charge < -0.3 is 14.7 Å². The number of aryl methyl sites for hydroxylation is 1. The standard InChI is InChI=1S/C26H27FN8O2S/c1-16-21(19-14-17(6-7-35(19)32-16)37-13-12-34-10-8-33(2)9-11-34)26-30-23(22-18(27)4-3-5-20(22)36)24(38-26)25-28-15-29-31-25/h3-7,14-15,36H,8-13H2,1-2H3,(H,28,29,31). The SMILES string of the molecule is Cc1nn2ccc(OCCN3CCN(C)CC3)cc2c1-c1nc(-c2c(O)cccc2F)c(-c2nc[nH]n2)s1. The Hall–Kier alpha value is -3.87. The van der Waals surface area contributed by atoms with E-state index in [1.807, 2.05) is 25.3 Å². The first-order valence-corrected chi connectivity index (χ1v) is 13.2. The molecule has 5 aromatic rings. The number of pyridine rings is 1. The molecule has 5 heterocycles. The second-order valence-corrected chi connectivity index (χ2v) is 10.3. The van der Waals surface area contributed by atoms with Crippen molar-refractivity contribution in [3.63, 3.8) is 0 Å². The fourth-order valence-electron chi connectivity index (χ4n) is 4.68. The monoisotopic (exact) mass is 534 g/mol. The minimum absolute atomic E-state index is 0.0110. The third-order valence-corrected chi connectivity index (χ3v) is 7.81. The summed E-state index contributed by atoms with van der Waals surface area (Å²) in [5, 5.41) is 22.6. The molecule has 1 fully saturated rings. The number of piperazine rings is 1. The van der Waals surface area contributed by atoms with Crippen LogP contribution in [-0.2, 0) is 0 Å². The Kier molecular flexibility index (Phi) is 6.52. The fraction of sp³-hybridized carbons (Fsp3) is 0.308. The van der Waals surface area contributed by atoms with Crippen LogP contribution >= 0.6 is 11.3 Å². The summed E-state index contributed by atoms with van der Waals surface area (Å²) < 4.78 is 22.8. The summed E-state index contributed by atoms with van der Waals surface area (Å²) in [5.74, 6) is 0.330. The van der Waals surface area contributed by atoms with Crippen molar-refractivity contribution in [2.45, 2.75) is 6.92 Å². The Bertz CT molecular complexity index is 1550. The molecule has 0 amide bonds. The second-order valence-electron chi connectivity index (χ2n) is 9.30. The second kappa shape index (κ2) is 10.1. The zero-order chi connectivity index (χ0) is 26.2. The summed E-state index contributed by atoms with van der Waals surface area (Å²) >= 11 is 1.32. The predicted molar refractivity (Wildman–Crippen MR) is 143 cm³/mol. The molecule has 10 nitrogen and oxygen atoms in total. The van der Waals surface area contributed by atoms with E-state index in [0.717, 1.165) is 55.2 Å². The molecule has 0 bridgehead atoms. The van der Waals surface area contributed by atoms with E-state index in [4.69, 9.17) is 9.72 Å². The highest BCUT2D eigenvalue weighted by Crippen LogP contribution is 2.44. The van der Waals surface area contributed by atoms with Gasteiger partial charge in [-0.2, -0.15) is 10.2 Å². The predicted octanol–water partition coefficient (Wildman–Crippen LogP) is 3.69. The molecular weight excluding hydrogens is 507 g/mol. The number of phenolic OH excluding ortho intramolecular Hbond substituents is 1. The number of hydrogen-bond donors (Lipinski definition) is 2. The van der Waals surface area contributed by atoms with Gasteiger partial charge in [-0.15, -0.1) is 11.3 Å². The molecule has 2 N–H and O–H groups in total. The van der Waals surface area contributed by atoms with E-state index in [9.17, 15) is 9.50 Å². The Morgan fingerprint density at radius 2 is 2.00 bits per heavy atom. The molecule has 0 spiro atoms. The number of benzene rings is 1. The fourth-order valence-corrected chi connectivity index (χ4v) is 5.79. The van der Waals surface area contributed by atoms with Crippen LogP contribution < -0.4 is 4.74 Å². The number of thiazole rings is 1. The Labute approximate surface area is 222 Å². The van der Waals surface area contributed by atoms with E-state index in [1.165, 1.54) is 35.9 Å². The van der Waals surface area contributed by atoms with Gasteiger partial charge in [0.1, 0.15) is 40.1 Å². The van der Waals surface area contributed by atoms with Gasteiger partial charge in [0.05, 0.1) is 28.0 Å². The van der Waals surface area contributed by atoms with Gasteiger partial charge in [0, 0.05) is 45.0 Å². The average Bonchev–Trinajstić information content (AvgIpc) is 3.63. The van der Waals surface area contributed by atoms with Gasteiger partial charge >= 0.3 is 0 Å². The number of aromatic amines is 1.